The lowest BCUT2D eigenvalue weighted by Crippen LogP contribution is -2.33. The van der Waals surface area contributed by atoms with Gasteiger partial charge in [-0.05, 0) is 55.5 Å². The van der Waals surface area contributed by atoms with Gasteiger partial charge in [0, 0.05) is 4.47 Å². The van der Waals surface area contributed by atoms with Crippen molar-refractivity contribution in [2.75, 3.05) is 6.61 Å². The molecule has 3 aromatic rings. The van der Waals surface area contributed by atoms with Crippen LogP contribution >= 0.6 is 15.9 Å². The number of hydrogen-bond acceptors (Lipinski definition) is 4. The molecule has 0 saturated carbocycles. The highest BCUT2D eigenvalue weighted by Gasteiger charge is 2.18. The zero-order valence-electron chi connectivity index (χ0n) is 13.8. The van der Waals surface area contributed by atoms with Crippen LogP contribution in [0.25, 0.3) is 0 Å². The van der Waals surface area contributed by atoms with Crippen LogP contribution in [-0.2, 0) is 17.9 Å². The van der Waals surface area contributed by atoms with E-state index in [1.807, 2.05) is 49.4 Å². The number of carbonyl (C=O) groups excluding carboxylic acids is 1. The van der Waals surface area contributed by atoms with Crippen LogP contribution < -0.4 is 4.74 Å². The maximum Gasteiger partial charge on any atom is 0.261 e. The molecule has 130 valence electrons. The molecule has 2 aromatic heterocycles. The molecule has 1 aromatic carbocycles. The summed E-state index contributed by atoms with van der Waals surface area (Å²) in [7, 11) is 0. The molecule has 6 heteroatoms. The molecule has 0 bridgehead atoms. The van der Waals surface area contributed by atoms with Crippen LogP contribution in [0, 0.1) is 6.92 Å². The van der Waals surface area contributed by atoms with Gasteiger partial charge < -0.3 is 18.5 Å². The monoisotopic (exact) mass is 403 g/mol. The topological polar surface area (TPSA) is 55.8 Å². The fourth-order valence-corrected chi connectivity index (χ4v) is 2.61. The van der Waals surface area contributed by atoms with Crippen LogP contribution in [0.2, 0.25) is 0 Å². The summed E-state index contributed by atoms with van der Waals surface area (Å²) in [6.07, 6.45) is 1.59. The number of hydrogen-bond donors (Lipinski definition) is 0. The maximum absolute atomic E-state index is 12.6. The first kappa shape index (κ1) is 17.4. The summed E-state index contributed by atoms with van der Waals surface area (Å²) in [5, 5.41) is 0. The fraction of sp³-hybridized carbons (Fsp3) is 0.211. The standard InChI is InChI=1S/C19H18BrNO4/c1-14-4-7-18(25-14)12-21(11-17-3-2-10-23-17)19(22)13-24-16-8-5-15(20)6-9-16/h2-10H,11-13H2,1H3. The van der Waals surface area contributed by atoms with E-state index in [2.05, 4.69) is 15.9 Å². The van der Waals surface area contributed by atoms with Crippen LogP contribution in [0.15, 0.2) is 68.1 Å². The van der Waals surface area contributed by atoms with Gasteiger partial charge in [0.25, 0.3) is 5.91 Å². The van der Waals surface area contributed by atoms with Crippen molar-refractivity contribution >= 4 is 21.8 Å². The van der Waals surface area contributed by atoms with E-state index in [4.69, 9.17) is 13.6 Å². The van der Waals surface area contributed by atoms with Crippen LogP contribution in [0.3, 0.4) is 0 Å². The van der Waals surface area contributed by atoms with Gasteiger partial charge in [-0.15, -0.1) is 0 Å². The number of nitrogens with zero attached hydrogens (tertiary/aromatic N) is 1. The Morgan fingerprint density at radius 2 is 1.84 bits per heavy atom. The van der Waals surface area contributed by atoms with Gasteiger partial charge in [0.2, 0.25) is 0 Å². The van der Waals surface area contributed by atoms with Crippen molar-refractivity contribution in [3.05, 3.63) is 76.5 Å². The minimum absolute atomic E-state index is 0.0535. The first-order chi connectivity index (χ1) is 12.1. The van der Waals surface area contributed by atoms with Crippen LogP contribution in [0.1, 0.15) is 17.3 Å². The number of carbonyl (C=O) groups is 1. The molecule has 0 N–H and O–H groups in total. The first-order valence-electron chi connectivity index (χ1n) is 7.84. The van der Waals surface area contributed by atoms with Crippen molar-refractivity contribution < 1.29 is 18.4 Å². The number of rotatable bonds is 7. The molecule has 0 aliphatic heterocycles. The van der Waals surface area contributed by atoms with Gasteiger partial charge in [0.15, 0.2) is 6.61 Å². The molecule has 0 unspecified atom stereocenters. The summed E-state index contributed by atoms with van der Waals surface area (Å²) in [4.78, 5) is 14.3. The second-order valence-electron chi connectivity index (χ2n) is 5.58. The largest absolute Gasteiger partial charge is 0.484 e. The Morgan fingerprint density at radius 1 is 1.08 bits per heavy atom. The molecule has 0 aliphatic rings. The van der Waals surface area contributed by atoms with Crippen molar-refractivity contribution in [3.8, 4) is 5.75 Å². The molecule has 1 amide bonds. The average molecular weight is 404 g/mol. The van der Waals surface area contributed by atoms with E-state index in [1.165, 1.54) is 0 Å². The Hall–Kier alpha value is -2.47. The van der Waals surface area contributed by atoms with E-state index in [-0.39, 0.29) is 12.5 Å². The van der Waals surface area contributed by atoms with Crippen LogP contribution in [0.5, 0.6) is 5.75 Å². The highest BCUT2D eigenvalue weighted by molar-refractivity contribution is 9.10. The lowest BCUT2D eigenvalue weighted by Gasteiger charge is -2.20. The van der Waals surface area contributed by atoms with Gasteiger partial charge in [0.05, 0.1) is 19.4 Å². The fourth-order valence-electron chi connectivity index (χ4n) is 2.35. The minimum Gasteiger partial charge on any atom is -0.484 e. The molecule has 0 fully saturated rings. The number of benzene rings is 1. The second-order valence-corrected chi connectivity index (χ2v) is 6.50. The number of ether oxygens (including phenoxy) is 1. The summed E-state index contributed by atoms with van der Waals surface area (Å²) >= 11 is 3.37. The van der Waals surface area contributed by atoms with Crippen LogP contribution in [0.4, 0.5) is 0 Å². The van der Waals surface area contributed by atoms with Crippen molar-refractivity contribution in [1.29, 1.82) is 0 Å². The molecule has 2 heterocycles. The molecular formula is C19H18BrNO4. The van der Waals surface area contributed by atoms with Gasteiger partial charge in [-0.3, -0.25) is 4.79 Å². The minimum atomic E-state index is -0.145. The van der Waals surface area contributed by atoms with Gasteiger partial charge in [-0.1, -0.05) is 15.9 Å². The van der Waals surface area contributed by atoms with Crippen molar-refractivity contribution in [2.45, 2.75) is 20.0 Å². The van der Waals surface area contributed by atoms with Gasteiger partial charge in [0.1, 0.15) is 23.0 Å². The number of halogens is 1. The van der Waals surface area contributed by atoms with Crippen molar-refractivity contribution in [2.24, 2.45) is 0 Å². The van der Waals surface area contributed by atoms with E-state index in [0.29, 0.717) is 24.6 Å². The third kappa shape index (κ3) is 5.00. The molecule has 3 rings (SSSR count). The van der Waals surface area contributed by atoms with E-state index in [9.17, 15) is 4.79 Å². The molecular weight excluding hydrogens is 386 g/mol. The molecule has 0 aliphatic carbocycles. The van der Waals surface area contributed by atoms with Crippen molar-refractivity contribution in [1.82, 2.24) is 4.90 Å². The van der Waals surface area contributed by atoms with Crippen molar-refractivity contribution in [3.63, 3.8) is 0 Å². The highest BCUT2D eigenvalue weighted by atomic mass is 79.9. The highest BCUT2D eigenvalue weighted by Crippen LogP contribution is 2.17. The predicted octanol–water partition coefficient (Wildman–Crippen LogP) is 4.55. The smallest absolute Gasteiger partial charge is 0.261 e. The molecule has 25 heavy (non-hydrogen) atoms. The Labute approximate surface area is 154 Å². The lowest BCUT2D eigenvalue weighted by molar-refractivity contribution is -0.135. The lowest BCUT2D eigenvalue weighted by atomic mass is 10.3. The zero-order chi connectivity index (χ0) is 17.6. The SMILES string of the molecule is Cc1ccc(CN(Cc2ccco2)C(=O)COc2ccc(Br)cc2)o1. The van der Waals surface area contributed by atoms with Gasteiger partial charge >= 0.3 is 0 Å². The summed E-state index contributed by atoms with van der Waals surface area (Å²) in [6.45, 7) is 2.53. The quantitative estimate of drug-likeness (QED) is 0.580. The predicted molar refractivity (Wildman–Crippen MR) is 96.0 cm³/mol. The second kappa shape index (κ2) is 8.07. The summed E-state index contributed by atoms with van der Waals surface area (Å²) in [5.74, 6) is 2.74. The van der Waals surface area contributed by atoms with E-state index < -0.39 is 0 Å². The molecule has 0 spiro atoms. The molecule has 0 saturated heterocycles. The third-order valence-electron chi connectivity index (χ3n) is 3.60. The maximum atomic E-state index is 12.6. The third-order valence-corrected chi connectivity index (χ3v) is 4.13. The Morgan fingerprint density at radius 3 is 2.48 bits per heavy atom. The summed E-state index contributed by atoms with van der Waals surface area (Å²) in [5.41, 5.74) is 0. The normalized spacial score (nSPS) is 10.6. The van der Waals surface area contributed by atoms with Gasteiger partial charge in [-0.25, -0.2) is 0 Å². The van der Waals surface area contributed by atoms with Crippen LogP contribution in [-0.4, -0.2) is 17.4 Å². The molecule has 0 radical (unpaired) electrons. The Balaban J connectivity index is 1.66. The first-order valence-corrected chi connectivity index (χ1v) is 8.63. The average Bonchev–Trinajstić information content (AvgIpc) is 3.25. The number of furan rings is 2. The number of amides is 1. The summed E-state index contributed by atoms with van der Waals surface area (Å²) in [6, 6.07) is 14.7. The molecule has 0 atom stereocenters. The summed E-state index contributed by atoms with van der Waals surface area (Å²) < 4.78 is 17.5. The van der Waals surface area contributed by atoms with E-state index >= 15 is 0 Å². The number of aryl methyl sites for hydroxylation is 1. The van der Waals surface area contributed by atoms with Gasteiger partial charge in [-0.2, -0.15) is 0 Å². The van der Waals surface area contributed by atoms with E-state index in [1.54, 1.807) is 17.2 Å². The zero-order valence-corrected chi connectivity index (χ0v) is 15.4. The Bertz CT molecular complexity index is 808. The Kier molecular flexibility index (Phi) is 5.60. The van der Waals surface area contributed by atoms with E-state index in [0.717, 1.165) is 16.0 Å². The molecule has 5 nitrogen and oxygen atoms in total.